The second kappa shape index (κ2) is 9.21. The van der Waals surface area contributed by atoms with E-state index in [0.717, 1.165) is 6.08 Å². The first kappa shape index (κ1) is 25.6. The Labute approximate surface area is 212 Å². The van der Waals surface area contributed by atoms with Crippen LogP contribution in [0, 0.1) is 6.92 Å². The van der Waals surface area contributed by atoms with Crippen molar-refractivity contribution in [2.75, 3.05) is 24.4 Å². The number of hydrogen-bond donors (Lipinski definition) is 4. The number of hydrogen-bond acceptors (Lipinski definition) is 9. The molecule has 0 unspecified atom stereocenters. The van der Waals surface area contributed by atoms with E-state index in [1.807, 2.05) is 0 Å². The molecular weight excluding hydrogens is 480 g/mol. The van der Waals surface area contributed by atoms with Gasteiger partial charge in [0.15, 0.2) is 17.3 Å². The van der Waals surface area contributed by atoms with Crippen LogP contribution >= 0.6 is 0 Å². The molecule has 0 fully saturated rings. The van der Waals surface area contributed by atoms with Crippen molar-refractivity contribution < 1.29 is 38.9 Å². The molecule has 1 aliphatic carbocycles. The fourth-order valence-corrected chi connectivity index (χ4v) is 4.61. The third kappa shape index (κ3) is 4.05. The van der Waals surface area contributed by atoms with E-state index in [-0.39, 0.29) is 57.7 Å². The minimum Gasteiger partial charge on any atom is -0.507 e. The Kier molecular flexibility index (Phi) is 6.39. The molecule has 0 spiro atoms. The highest BCUT2D eigenvalue weighted by Crippen LogP contribution is 2.57. The monoisotopic (exact) mass is 506 g/mol. The van der Waals surface area contributed by atoms with E-state index in [9.17, 15) is 29.4 Å². The molecule has 0 radical (unpaired) electrons. The number of rotatable bonds is 6. The van der Waals surface area contributed by atoms with Crippen molar-refractivity contribution in [2.24, 2.45) is 0 Å². The molecule has 37 heavy (non-hydrogen) atoms. The van der Waals surface area contributed by atoms with Crippen LogP contribution < -0.4 is 15.4 Å². The number of aromatic hydroxyl groups is 2. The predicted molar refractivity (Wildman–Crippen MR) is 134 cm³/mol. The summed E-state index contributed by atoms with van der Waals surface area (Å²) in [5, 5.41) is 27.1. The van der Waals surface area contributed by atoms with Gasteiger partial charge in [0.1, 0.15) is 40.6 Å². The first-order valence-electron chi connectivity index (χ1n) is 11.4. The molecule has 192 valence electrons. The number of nitrogens with one attached hydrogen (secondary N) is 2. The number of phenolic OH excluding ortho intramolecular Hbond substituents is 2. The molecule has 4 rings (SSSR count). The topological polar surface area (TPSA) is 151 Å². The molecule has 2 aliphatic rings. The highest BCUT2D eigenvalue weighted by Gasteiger charge is 2.56. The summed E-state index contributed by atoms with van der Waals surface area (Å²) in [6.45, 7) is 5.64. The van der Waals surface area contributed by atoms with Gasteiger partial charge in [0, 0.05) is 35.8 Å². The molecule has 0 saturated heterocycles. The highest BCUT2D eigenvalue weighted by molar-refractivity contribution is 6.31. The number of benzene rings is 2. The van der Waals surface area contributed by atoms with Crippen LogP contribution in [-0.2, 0) is 24.5 Å². The largest absolute Gasteiger partial charge is 0.507 e. The Morgan fingerprint density at radius 2 is 1.62 bits per heavy atom. The van der Waals surface area contributed by atoms with Crippen LogP contribution in [0.15, 0.2) is 47.4 Å². The van der Waals surface area contributed by atoms with E-state index in [2.05, 4.69) is 10.6 Å². The molecule has 0 aromatic heterocycles. The molecule has 1 heterocycles. The lowest BCUT2D eigenvalue weighted by Crippen LogP contribution is -2.40. The zero-order valence-corrected chi connectivity index (χ0v) is 20.9. The van der Waals surface area contributed by atoms with Gasteiger partial charge in [0.05, 0.1) is 11.1 Å². The number of methoxy groups -OCH3 is 1. The molecular formula is C27H26N2O8. The Balaban J connectivity index is 1.73. The summed E-state index contributed by atoms with van der Waals surface area (Å²) in [5.41, 5.74) is -0.494. The van der Waals surface area contributed by atoms with Crippen LogP contribution in [0.4, 0.5) is 11.4 Å². The lowest BCUT2D eigenvalue weighted by atomic mass is 9.70. The maximum Gasteiger partial charge on any atom is 0.250 e. The van der Waals surface area contributed by atoms with Crippen LogP contribution in [-0.4, -0.2) is 47.2 Å². The first-order chi connectivity index (χ1) is 17.4. The molecule has 1 amide bonds. The number of ketones is 3. The average Bonchev–Trinajstić information content (AvgIpc) is 3.12. The Hall–Kier alpha value is -4.44. The van der Waals surface area contributed by atoms with Crippen molar-refractivity contribution in [3.8, 4) is 17.2 Å². The smallest absolute Gasteiger partial charge is 0.250 e. The van der Waals surface area contributed by atoms with Crippen LogP contribution in [0.25, 0.3) is 0 Å². The van der Waals surface area contributed by atoms with Gasteiger partial charge in [-0.25, -0.2) is 0 Å². The Morgan fingerprint density at radius 3 is 2.19 bits per heavy atom. The lowest BCUT2D eigenvalue weighted by molar-refractivity contribution is -0.123. The van der Waals surface area contributed by atoms with Crippen LogP contribution in [0.2, 0.25) is 0 Å². The predicted octanol–water partition coefficient (Wildman–Crippen LogP) is 3.27. The maximum atomic E-state index is 13.8. The fourth-order valence-electron chi connectivity index (χ4n) is 4.61. The van der Waals surface area contributed by atoms with E-state index < -0.39 is 28.5 Å². The number of fused-ring (bicyclic) bond motifs is 3. The van der Waals surface area contributed by atoms with E-state index in [4.69, 9.17) is 9.47 Å². The zero-order valence-electron chi connectivity index (χ0n) is 20.9. The SMILES string of the molecule is COCC(=O)Nc1ccc(NC(C)=C2C(=O)C=C3Oc4c(C(C)=O)c(O)c(C)c(O)c4[C@@]3(C)C2=O)cc1. The van der Waals surface area contributed by atoms with Crippen molar-refractivity contribution in [1.29, 1.82) is 0 Å². The number of carbonyl (C=O) groups is 4. The van der Waals surface area contributed by atoms with Gasteiger partial charge in [-0.2, -0.15) is 0 Å². The molecule has 1 aliphatic heterocycles. The molecule has 10 heteroatoms. The van der Waals surface area contributed by atoms with Gasteiger partial charge in [-0.1, -0.05) is 0 Å². The fraction of sp³-hybridized carbons (Fsp3) is 0.259. The molecule has 4 N–H and O–H groups in total. The number of ether oxygens (including phenoxy) is 2. The summed E-state index contributed by atoms with van der Waals surface area (Å²) in [5.74, 6) is -3.07. The molecule has 2 aromatic carbocycles. The summed E-state index contributed by atoms with van der Waals surface area (Å²) in [6.07, 6.45) is 1.16. The maximum absolute atomic E-state index is 13.8. The highest BCUT2D eigenvalue weighted by atomic mass is 16.5. The Morgan fingerprint density at radius 1 is 1.03 bits per heavy atom. The molecule has 0 saturated carbocycles. The van der Waals surface area contributed by atoms with Crippen molar-refractivity contribution in [2.45, 2.75) is 33.1 Å². The zero-order chi connectivity index (χ0) is 27.2. The lowest BCUT2D eigenvalue weighted by Gasteiger charge is -2.29. The molecule has 10 nitrogen and oxygen atoms in total. The molecule has 2 aromatic rings. The molecule has 1 atom stereocenters. The third-order valence-electron chi connectivity index (χ3n) is 6.54. The minimum atomic E-state index is -1.59. The van der Waals surface area contributed by atoms with E-state index in [1.165, 1.54) is 27.9 Å². The van der Waals surface area contributed by atoms with Crippen molar-refractivity contribution in [3.63, 3.8) is 0 Å². The number of amides is 1. The van der Waals surface area contributed by atoms with Gasteiger partial charge in [0.25, 0.3) is 0 Å². The normalized spacial score (nSPS) is 19.4. The van der Waals surface area contributed by atoms with E-state index in [0.29, 0.717) is 11.4 Å². The van der Waals surface area contributed by atoms with Crippen molar-refractivity contribution >= 4 is 34.6 Å². The Bertz CT molecular complexity index is 1440. The van der Waals surface area contributed by atoms with Gasteiger partial charge in [-0.15, -0.1) is 0 Å². The summed E-state index contributed by atoms with van der Waals surface area (Å²) in [6, 6.07) is 6.63. The van der Waals surface area contributed by atoms with Gasteiger partial charge in [0.2, 0.25) is 5.91 Å². The summed E-state index contributed by atoms with van der Waals surface area (Å²) in [7, 11) is 1.42. The van der Waals surface area contributed by atoms with Crippen LogP contribution in [0.1, 0.15) is 42.3 Å². The van der Waals surface area contributed by atoms with Gasteiger partial charge < -0.3 is 30.3 Å². The van der Waals surface area contributed by atoms with Crippen LogP contribution in [0.3, 0.4) is 0 Å². The summed E-state index contributed by atoms with van der Waals surface area (Å²) < 4.78 is 10.5. The van der Waals surface area contributed by atoms with Crippen molar-refractivity contribution in [3.05, 3.63) is 64.1 Å². The number of phenols is 2. The third-order valence-corrected chi connectivity index (χ3v) is 6.54. The minimum absolute atomic E-state index is 0.0257. The number of Topliss-reactive ketones (excluding diaryl/α,β-unsaturated/α-hetero) is 2. The number of allylic oxidation sites excluding steroid dienone is 4. The standard InChI is InChI=1S/C27H26N2O8/c1-12-23(33)21(14(3)30)25-22(24(12)34)27(4)18(37-25)10-17(31)20(26(27)35)13(2)28-15-6-8-16(9-7-15)29-19(32)11-36-5/h6-10,28,33-34H,11H2,1-5H3,(H,29,32)/t27-/m0/s1. The van der Waals surface area contributed by atoms with Gasteiger partial charge in [-0.05, 0) is 52.0 Å². The van der Waals surface area contributed by atoms with Gasteiger partial charge >= 0.3 is 0 Å². The number of anilines is 2. The summed E-state index contributed by atoms with van der Waals surface area (Å²) >= 11 is 0. The van der Waals surface area contributed by atoms with E-state index >= 15 is 0 Å². The van der Waals surface area contributed by atoms with Crippen molar-refractivity contribution in [1.82, 2.24) is 0 Å². The first-order valence-corrected chi connectivity index (χ1v) is 11.4. The van der Waals surface area contributed by atoms with Gasteiger partial charge in [-0.3, -0.25) is 19.2 Å². The number of carbonyl (C=O) groups excluding carboxylic acids is 4. The second-order valence-corrected chi connectivity index (χ2v) is 9.07. The molecule has 0 bridgehead atoms. The quantitative estimate of drug-likeness (QED) is 0.263. The van der Waals surface area contributed by atoms with Crippen LogP contribution in [0.5, 0.6) is 17.2 Å². The summed E-state index contributed by atoms with van der Waals surface area (Å²) in [4.78, 5) is 50.9. The average molecular weight is 507 g/mol. The second-order valence-electron chi connectivity index (χ2n) is 9.07. The van der Waals surface area contributed by atoms with E-state index in [1.54, 1.807) is 31.2 Å².